The van der Waals surface area contributed by atoms with E-state index in [2.05, 4.69) is 25.7 Å². The van der Waals surface area contributed by atoms with Crippen LogP contribution in [0, 0.1) is 13.8 Å². The molecule has 0 bridgehead atoms. The number of aryl methyl sites for hydroxylation is 4. The van der Waals surface area contributed by atoms with Crippen molar-refractivity contribution in [1.29, 1.82) is 0 Å². The molecule has 3 aromatic rings. The van der Waals surface area contributed by atoms with Crippen molar-refractivity contribution in [2.75, 3.05) is 5.32 Å². The van der Waals surface area contributed by atoms with E-state index in [0.29, 0.717) is 23.8 Å². The van der Waals surface area contributed by atoms with E-state index in [-0.39, 0.29) is 11.9 Å². The highest BCUT2D eigenvalue weighted by Crippen LogP contribution is 2.20. The van der Waals surface area contributed by atoms with Gasteiger partial charge < -0.3 is 4.42 Å². The average Bonchev–Trinajstić information content (AvgIpc) is 3.18. The van der Waals surface area contributed by atoms with E-state index in [1.165, 1.54) is 0 Å². The molecule has 0 saturated carbocycles. The van der Waals surface area contributed by atoms with Crippen LogP contribution in [-0.4, -0.2) is 35.7 Å². The molecule has 0 aromatic carbocycles. The van der Waals surface area contributed by atoms with Crippen LogP contribution in [0.3, 0.4) is 0 Å². The smallest absolute Gasteiger partial charge is 0.322 e. The summed E-state index contributed by atoms with van der Waals surface area (Å²) in [4.78, 5) is 12.3. The van der Waals surface area contributed by atoms with Crippen LogP contribution >= 0.6 is 0 Å². The summed E-state index contributed by atoms with van der Waals surface area (Å²) in [6, 6.07) is 3.57. The predicted octanol–water partition coefficient (Wildman–Crippen LogP) is 1.56. The van der Waals surface area contributed by atoms with Gasteiger partial charge in [0.1, 0.15) is 11.4 Å². The SMILES string of the molecule is CCn1nc(C)cc1C(=O)Nc1nnc(-c2cc(C)nn2C)o1. The molecule has 3 aromatic heterocycles. The van der Waals surface area contributed by atoms with Crippen LogP contribution in [0.1, 0.15) is 28.8 Å². The number of amides is 1. The molecule has 0 aliphatic heterocycles. The summed E-state index contributed by atoms with van der Waals surface area (Å²) in [7, 11) is 1.79. The quantitative estimate of drug-likeness (QED) is 0.783. The summed E-state index contributed by atoms with van der Waals surface area (Å²) in [5, 5.41) is 18.8. The number of rotatable bonds is 4. The fourth-order valence-corrected chi connectivity index (χ4v) is 2.32. The molecule has 9 heteroatoms. The first kappa shape index (κ1) is 14.9. The van der Waals surface area contributed by atoms with Crippen LogP contribution in [0.5, 0.6) is 0 Å². The van der Waals surface area contributed by atoms with Crippen molar-refractivity contribution >= 4 is 11.9 Å². The normalized spacial score (nSPS) is 11.0. The van der Waals surface area contributed by atoms with Crippen molar-refractivity contribution in [1.82, 2.24) is 29.8 Å². The van der Waals surface area contributed by atoms with Gasteiger partial charge >= 0.3 is 6.01 Å². The third-order valence-electron chi connectivity index (χ3n) is 3.30. The fraction of sp³-hybridized carbons (Fsp3) is 0.357. The maximum Gasteiger partial charge on any atom is 0.322 e. The Morgan fingerprint density at radius 2 is 1.96 bits per heavy atom. The Bertz CT molecular complexity index is 858. The molecule has 0 atom stereocenters. The highest BCUT2D eigenvalue weighted by atomic mass is 16.4. The van der Waals surface area contributed by atoms with Gasteiger partial charge in [-0.15, -0.1) is 5.10 Å². The van der Waals surface area contributed by atoms with Gasteiger partial charge in [-0.25, -0.2) is 0 Å². The van der Waals surface area contributed by atoms with Gasteiger partial charge in [-0.05, 0) is 32.9 Å². The van der Waals surface area contributed by atoms with E-state index in [1.807, 2.05) is 26.8 Å². The Morgan fingerprint density at radius 1 is 1.22 bits per heavy atom. The van der Waals surface area contributed by atoms with Crippen molar-refractivity contribution in [3.8, 4) is 11.6 Å². The molecule has 3 heterocycles. The number of carbonyl (C=O) groups is 1. The van der Waals surface area contributed by atoms with Gasteiger partial charge in [0.2, 0.25) is 0 Å². The lowest BCUT2D eigenvalue weighted by molar-refractivity contribution is 0.101. The number of nitrogens with zero attached hydrogens (tertiary/aromatic N) is 6. The number of hydrogen-bond acceptors (Lipinski definition) is 6. The van der Waals surface area contributed by atoms with E-state index >= 15 is 0 Å². The second kappa shape index (κ2) is 5.67. The minimum Gasteiger partial charge on any atom is -0.401 e. The largest absolute Gasteiger partial charge is 0.401 e. The molecule has 0 radical (unpaired) electrons. The monoisotopic (exact) mass is 315 g/mol. The van der Waals surface area contributed by atoms with Crippen molar-refractivity contribution in [3.63, 3.8) is 0 Å². The molecule has 0 fully saturated rings. The summed E-state index contributed by atoms with van der Waals surface area (Å²) in [6.07, 6.45) is 0. The summed E-state index contributed by atoms with van der Waals surface area (Å²) >= 11 is 0. The van der Waals surface area contributed by atoms with E-state index in [9.17, 15) is 4.79 Å². The number of anilines is 1. The van der Waals surface area contributed by atoms with Crippen molar-refractivity contribution in [2.45, 2.75) is 27.3 Å². The van der Waals surface area contributed by atoms with Crippen LogP contribution in [0.15, 0.2) is 16.5 Å². The van der Waals surface area contributed by atoms with Crippen molar-refractivity contribution < 1.29 is 9.21 Å². The van der Waals surface area contributed by atoms with Crippen molar-refractivity contribution in [3.05, 3.63) is 29.2 Å². The zero-order chi connectivity index (χ0) is 16.6. The summed E-state index contributed by atoms with van der Waals surface area (Å²) in [6.45, 7) is 6.22. The standard InChI is InChI=1S/C14H17N7O2/c1-5-21-10(6-9(3)19-21)12(22)15-14-17-16-13(23-14)11-7-8(2)18-20(11)4/h6-7H,5H2,1-4H3,(H,15,17,22). The second-order valence-electron chi connectivity index (χ2n) is 5.15. The summed E-state index contributed by atoms with van der Waals surface area (Å²) < 4.78 is 8.75. The second-order valence-corrected chi connectivity index (χ2v) is 5.15. The van der Waals surface area contributed by atoms with E-state index in [1.54, 1.807) is 22.5 Å². The van der Waals surface area contributed by atoms with Crippen LogP contribution < -0.4 is 5.32 Å². The Balaban J connectivity index is 1.81. The first-order chi connectivity index (χ1) is 11.0. The molecular formula is C14H17N7O2. The van der Waals surface area contributed by atoms with E-state index in [0.717, 1.165) is 11.4 Å². The third-order valence-corrected chi connectivity index (χ3v) is 3.30. The zero-order valence-corrected chi connectivity index (χ0v) is 13.4. The number of nitrogens with one attached hydrogen (secondary N) is 1. The Kier molecular flexibility index (Phi) is 3.68. The molecule has 1 amide bonds. The molecule has 0 aliphatic rings. The van der Waals surface area contributed by atoms with Gasteiger partial charge in [-0.3, -0.25) is 19.5 Å². The van der Waals surface area contributed by atoms with Crippen LogP contribution in [0.25, 0.3) is 11.6 Å². The summed E-state index contributed by atoms with van der Waals surface area (Å²) in [5.41, 5.74) is 2.74. The van der Waals surface area contributed by atoms with Crippen molar-refractivity contribution in [2.24, 2.45) is 7.05 Å². The van der Waals surface area contributed by atoms with Gasteiger partial charge in [0.15, 0.2) is 0 Å². The van der Waals surface area contributed by atoms with E-state index < -0.39 is 0 Å². The first-order valence-corrected chi connectivity index (χ1v) is 7.18. The highest BCUT2D eigenvalue weighted by Gasteiger charge is 2.18. The lowest BCUT2D eigenvalue weighted by Gasteiger charge is -2.02. The maximum absolute atomic E-state index is 12.3. The minimum atomic E-state index is -0.344. The Hall–Kier alpha value is -2.97. The molecule has 0 unspecified atom stereocenters. The van der Waals surface area contributed by atoms with Crippen LogP contribution in [0.2, 0.25) is 0 Å². The molecular weight excluding hydrogens is 298 g/mol. The van der Waals surface area contributed by atoms with Crippen LogP contribution in [0.4, 0.5) is 6.01 Å². The lowest BCUT2D eigenvalue weighted by Crippen LogP contribution is -2.17. The molecule has 3 rings (SSSR count). The van der Waals surface area contributed by atoms with Crippen LogP contribution in [-0.2, 0) is 13.6 Å². The first-order valence-electron chi connectivity index (χ1n) is 7.18. The van der Waals surface area contributed by atoms with Gasteiger partial charge in [0, 0.05) is 13.6 Å². The average molecular weight is 315 g/mol. The lowest BCUT2D eigenvalue weighted by atomic mass is 10.3. The molecule has 1 N–H and O–H groups in total. The van der Waals surface area contributed by atoms with E-state index in [4.69, 9.17) is 4.42 Å². The molecule has 0 saturated heterocycles. The van der Waals surface area contributed by atoms with Gasteiger partial charge in [0.25, 0.3) is 11.8 Å². The Labute approximate surface area is 132 Å². The van der Waals surface area contributed by atoms with Gasteiger partial charge in [0.05, 0.1) is 11.4 Å². The van der Waals surface area contributed by atoms with Gasteiger partial charge in [-0.2, -0.15) is 10.2 Å². The Morgan fingerprint density at radius 3 is 2.61 bits per heavy atom. The number of aromatic nitrogens is 6. The zero-order valence-electron chi connectivity index (χ0n) is 13.4. The third kappa shape index (κ3) is 2.85. The fourth-order valence-electron chi connectivity index (χ4n) is 2.32. The summed E-state index contributed by atoms with van der Waals surface area (Å²) in [5.74, 6) is -0.0487. The molecule has 23 heavy (non-hydrogen) atoms. The highest BCUT2D eigenvalue weighted by molar-refractivity contribution is 6.01. The number of hydrogen-bond donors (Lipinski definition) is 1. The van der Waals surface area contributed by atoms with Gasteiger partial charge in [-0.1, -0.05) is 5.10 Å². The maximum atomic E-state index is 12.3. The molecule has 0 aliphatic carbocycles. The number of carbonyl (C=O) groups excluding carboxylic acids is 1. The molecule has 9 nitrogen and oxygen atoms in total. The molecule has 0 spiro atoms. The topological polar surface area (TPSA) is 104 Å². The predicted molar refractivity (Wildman–Crippen MR) is 81.8 cm³/mol. The minimum absolute atomic E-state index is 0.0327. The molecule has 120 valence electrons.